The summed E-state index contributed by atoms with van der Waals surface area (Å²) in [6.45, 7) is 4.72. The molecule has 2 N–H and O–H groups in total. The molecule has 90 valence electrons. The van der Waals surface area contributed by atoms with Crippen molar-refractivity contribution in [1.82, 2.24) is 9.97 Å². The molecule has 1 aromatic rings. The van der Waals surface area contributed by atoms with Crippen LogP contribution < -0.4 is 5.32 Å². The highest BCUT2D eigenvalue weighted by Crippen LogP contribution is 2.12. The van der Waals surface area contributed by atoms with E-state index in [1.54, 1.807) is 0 Å². The molecule has 5 heteroatoms. The molecule has 1 rings (SSSR count). The number of hydrogen-bond acceptors (Lipinski definition) is 4. The van der Waals surface area contributed by atoms with Crippen LogP contribution in [0.3, 0.4) is 0 Å². The molecule has 0 radical (unpaired) electrons. The van der Waals surface area contributed by atoms with Crippen LogP contribution >= 0.6 is 15.9 Å². The van der Waals surface area contributed by atoms with E-state index in [1.807, 2.05) is 19.9 Å². The lowest BCUT2D eigenvalue weighted by molar-refractivity contribution is 0.164. The lowest BCUT2D eigenvalue weighted by Crippen LogP contribution is -2.13. The molecule has 0 aliphatic heterocycles. The highest BCUT2D eigenvalue weighted by Gasteiger charge is 2.03. The maximum Gasteiger partial charge on any atom is 0.131 e. The molecule has 0 aromatic carbocycles. The third-order valence-corrected chi connectivity index (χ3v) is 2.72. The van der Waals surface area contributed by atoms with Crippen molar-refractivity contribution in [3.05, 3.63) is 16.5 Å². The van der Waals surface area contributed by atoms with Crippen molar-refractivity contribution in [2.24, 2.45) is 0 Å². The van der Waals surface area contributed by atoms with E-state index < -0.39 is 0 Å². The maximum absolute atomic E-state index is 9.41. The van der Waals surface area contributed by atoms with Gasteiger partial charge in [-0.05, 0) is 28.8 Å². The van der Waals surface area contributed by atoms with E-state index in [9.17, 15) is 5.11 Å². The van der Waals surface area contributed by atoms with Gasteiger partial charge in [0.25, 0.3) is 0 Å². The quantitative estimate of drug-likeness (QED) is 0.789. The second-order valence-electron chi connectivity index (χ2n) is 3.62. The van der Waals surface area contributed by atoms with Crippen molar-refractivity contribution in [3.63, 3.8) is 0 Å². The smallest absolute Gasteiger partial charge is 0.131 e. The summed E-state index contributed by atoms with van der Waals surface area (Å²) in [5.74, 6) is 1.62. The third-order valence-electron chi connectivity index (χ3n) is 2.31. The van der Waals surface area contributed by atoms with E-state index in [-0.39, 0.29) is 6.10 Å². The molecule has 0 saturated carbocycles. The molecule has 4 nitrogen and oxygen atoms in total. The van der Waals surface area contributed by atoms with Crippen LogP contribution in [0.1, 0.15) is 32.5 Å². The van der Waals surface area contributed by atoms with Gasteiger partial charge in [-0.15, -0.1) is 0 Å². The monoisotopic (exact) mass is 287 g/mol. The summed E-state index contributed by atoms with van der Waals surface area (Å²) >= 11 is 3.35. The van der Waals surface area contributed by atoms with Crippen LogP contribution in [0, 0.1) is 0 Å². The van der Waals surface area contributed by atoms with E-state index in [2.05, 4.69) is 31.2 Å². The Morgan fingerprint density at radius 1 is 1.44 bits per heavy atom. The summed E-state index contributed by atoms with van der Waals surface area (Å²) in [7, 11) is 0. The molecule has 1 unspecified atom stereocenters. The Balaban J connectivity index is 2.50. The summed E-state index contributed by atoms with van der Waals surface area (Å²) in [6, 6.07) is 1.84. The maximum atomic E-state index is 9.41. The van der Waals surface area contributed by atoms with Crippen molar-refractivity contribution in [1.29, 1.82) is 0 Å². The molecule has 0 aliphatic rings. The molecular weight excluding hydrogens is 270 g/mol. The molecule has 0 amide bonds. The molecule has 0 bridgehead atoms. The van der Waals surface area contributed by atoms with E-state index in [0.717, 1.165) is 42.1 Å². The Labute approximate surface area is 105 Å². The van der Waals surface area contributed by atoms with Crippen molar-refractivity contribution >= 4 is 21.7 Å². The SMILES string of the molecule is CCc1nc(Br)cc(NCCC(O)CC)n1. The predicted octanol–water partition coefficient (Wildman–Crippen LogP) is 2.37. The first-order chi connectivity index (χ1) is 7.65. The van der Waals surface area contributed by atoms with Crippen LogP contribution in [-0.2, 0) is 6.42 Å². The Bertz CT molecular complexity index is 333. The fraction of sp³-hybridized carbons (Fsp3) is 0.636. The van der Waals surface area contributed by atoms with Crippen LogP contribution in [0.4, 0.5) is 5.82 Å². The van der Waals surface area contributed by atoms with Crippen LogP contribution in [0.15, 0.2) is 10.7 Å². The topological polar surface area (TPSA) is 58.0 Å². The van der Waals surface area contributed by atoms with Gasteiger partial charge in [-0.3, -0.25) is 0 Å². The molecule has 0 fully saturated rings. The van der Waals surface area contributed by atoms with Gasteiger partial charge in [-0.2, -0.15) is 0 Å². The standard InChI is InChI=1S/C11H18BrN3O/c1-3-8(16)5-6-13-11-7-9(12)14-10(4-2)15-11/h7-8,16H,3-6H2,1-2H3,(H,13,14,15). The highest BCUT2D eigenvalue weighted by atomic mass is 79.9. The largest absolute Gasteiger partial charge is 0.393 e. The van der Waals surface area contributed by atoms with Gasteiger partial charge in [0.2, 0.25) is 0 Å². The fourth-order valence-corrected chi connectivity index (χ4v) is 1.71. The second-order valence-corrected chi connectivity index (χ2v) is 4.44. The number of aryl methyl sites for hydroxylation is 1. The van der Waals surface area contributed by atoms with E-state index >= 15 is 0 Å². The summed E-state index contributed by atoms with van der Waals surface area (Å²) in [5.41, 5.74) is 0. The van der Waals surface area contributed by atoms with Crippen LogP contribution in [-0.4, -0.2) is 27.7 Å². The lowest BCUT2D eigenvalue weighted by Gasteiger charge is -2.10. The van der Waals surface area contributed by atoms with Gasteiger partial charge in [-0.25, -0.2) is 9.97 Å². The number of nitrogens with zero attached hydrogens (tertiary/aromatic N) is 2. The van der Waals surface area contributed by atoms with Gasteiger partial charge in [0, 0.05) is 19.0 Å². The molecule has 1 heterocycles. The Morgan fingerprint density at radius 2 is 2.19 bits per heavy atom. The van der Waals surface area contributed by atoms with Gasteiger partial charge in [0.1, 0.15) is 16.2 Å². The first kappa shape index (κ1) is 13.4. The Kier molecular flexibility index (Phi) is 5.69. The molecule has 1 aromatic heterocycles. The van der Waals surface area contributed by atoms with Crippen molar-refractivity contribution in [2.75, 3.05) is 11.9 Å². The minimum absolute atomic E-state index is 0.233. The first-order valence-corrected chi connectivity index (χ1v) is 6.40. The summed E-state index contributed by atoms with van der Waals surface area (Å²) in [5, 5.41) is 12.6. The predicted molar refractivity (Wildman–Crippen MR) is 68.5 cm³/mol. The van der Waals surface area contributed by atoms with Gasteiger partial charge in [-0.1, -0.05) is 13.8 Å². The van der Waals surface area contributed by atoms with Gasteiger partial charge >= 0.3 is 0 Å². The summed E-state index contributed by atoms with van der Waals surface area (Å²) < 4.78 is 0.790. The number of hydrogen-bond donors (Lipinski definition) is 2. The Hall–Kier alpha value is -0.680. The van der Waals surface area contributed by atoms with E-state index in [4.69, 9.17) is 0 Å². The van der Waals surface area contributed by atoms with Crippen LogP contribution in [0.2, 0.25) is 0 Å². The number of rotatable bonds is 6. The molecule has 1 atom stereocenters. The summed E-state index contributed by atoms with van der Waals surface area (Å²) in [6.07, 6.45) is 2.10. The normalized spacial score (nSPS) is 12.5. The number of aliphatic hydroxyl groups excluding tert-OH is 1. The number of nitrogens with one attached hydrogen (secondary N) is 1. The second kappa shape index (κ2) is 6.81. The zero-order chi connectivity index (χ0) is 12.0. The minimum atomic E-state index is -0.233. The molecular formula is C11H18BrN3O. The van der Waals surface area contributed by atoms with E-state index in [1.165, 1.54) is 0 Å². The molecule has 0 spiro atoms. The van der Waals surface area contributed by atoms with Gasteiger partial charge in [0.15, 0.2) is 0 Å². The van der Waals surface area contributed by atoms with Crippen LogP contribution in [0.5, 0.6) is 0 Å². The number of anilines is 1. The summed E-state index contributed by atoms with van der Waals surface area (Å²) in [4.78, 5) is 8.57. The zero-order valence-corrected chi connectivity index (χ0v) is 11.3. The Morgan fingerprint density at radius 3 is 2.81 bits per heavy atom. The van der Waals surface area contributed by atoms with Gasteiger partial charge in [0.05, 0.1) is 6.10 Å². The van der Waals surface area contributed by atoms with Crippen molar-refractivity contribution in [2.45, 2.75) is 39.2 Å². The lowest BCUT2D eigenvalue weighted by atomic mass is 10.2. The zero-order valence-electron chi connectivity index (χ0n) is 9.70. The third kappa shape index (κ3) is 4.45. The minimum Gasteiger partial charge on any atom is -0.393 e. The van der Waals surface area contributed by atoms with Crippen molar-refractivity contribution < 1.29 is 5.11 Å². The van der Waals surface area contributed by atoms with Gasteiger partial charge < -0.3 is 10.4 Å². The number of halogens is 1. The van der Waals surface area contributed by atoms with Crippen LogP contribution in [0.25, 0.3) is 0 Å². The average molecular weight is 288 g/mol. The number of aliphatic hydroxyl groups is 1. The molecule has 0 saturated heterocycles. The molecule has 16 heavy (non-hydrogen) atoms. The van der Waals surface area contributed by atoms with E-state index in [0.29, 0.717) is 0 Å². The van der Waals surface area contributed by atoms with Crippen molar-refractivity contribution in [3.8, 4) is 0 Å². The molecule has 0 aliphatic carbocycles. The average Bonchev–Trinajstić information content (AvgIpc) is 2.28. The first-order valence-electron chi connectivity index (χ1n) is 5.61. The highest BCUT2D eigenvalue weighted by molar-refractivity contribution is 9.10. The fourth-order valence-electron chi connectivity index (χ4n) is 1.28. The number of aromatic nitrogens is 2.